The van der Waals surface area contributed by atoms with Crippen LogP contribution in [0.3, 0.4) is 0 Å². The normalized spacial score (nSPS) is 11.8. The number of carboxylic acid groups (broad SMARTS) is 1. The zero-order valence-corrected chi connectivity index (χ0v) is 12.5. The highest BCUT2D eigenvalue weighted by Gasteiger charge is 2.29. The fourth-order valence-corrected chi connectivity index (χ4v) is 2.44. The maximum Gasteiger partial charge on any atom is 0.408 e. The highest BCUT2D eigenvalue weighted by Crippen LogP contribution is 2.30. The number of aromatic nitrogens is 3. The van der Waals surface area contributed by atoms with E-state index in [0.29, 0.717) is 16.6 Å². The van der Waals surface area contributed by atoms with Gasteiger partial charge in [-0.15, -0.1) is 0 Å². The molecular formula is C16H12F3N3O2. The molecule has 0 fully saturated rings. The number of carboxylic acids is 1. The van der Waals surface area contributed by atoms with Crippen LogP contribution >= 0.6 is 0 Å². The summed E-state index contributed by atoms with van der Waals surface area (Å²) in [6, 6.07) is 6.06. The Kier molecular flexibility index (Phi) is 3.75. The second-order valence-electron chi connectivity index (χ2n) is 5.40. The van der Waals surface area contributed by atoms with Gasteiger partial charge in [0, 0.05) is 17.1 Å². The van der Waals surface area contributed by atoms with Crippen molar-refractivity contribution in [2.24, 2.45) is 0 Å². The van der Waals surface area contributed by atoms with Crippen molar-refractivity contribution in [2.75, 3.05) is 0 Å². The molecule has 1 aromatic carbocycles. The SMILES string of the molecule is Cc1ccc(-c2cc(C(=O)O)cc3c2cnn3CC(F)(F)F)nc1. The maximum absolute atomic E-state index is 12.7. The average molecular weight is 335 g/mol. The van der Waals surface area contributed by atoms with E-state index in [1.54, 1.807) is 18.3 Å². The van der Waals surface area contributed by atoms with Gasteiger partial charge in [-0.1, -0.05) is 6.07 Å². The Balaban J connectivity index is 2.24. The molecule has 0 amide bonds. The van der Waals surface area contributed by atoms with Gasteiger partial charge < -0.3 is 5.11 Å². The van der Waals surface area contributed by atoms with Crippen LogP contribution in [-0.4, -0.2) is 32.0 Å². The summed E-state index contributed by atoms with van der Waals surface area (Å²) in [7, 11) is 0. The fourth-order valence-electron chi connectivity index (χ4n) is 2.44. The quantitative estimate of drug-likeness (QED) is 0.793. The second kappa shape index (κ2) is 5.63. The van der Waals surface area contributed by atoms with Gasteiger partial charge in [0.15, 0.2) is 0 Å². The number of rotatable bonds is 3. The molecule has 0 saturated heterocycles. The lowest BCUT2D eigenvalue weighted by Gasteiger charge is -2.09. The number of carbonyl (C=O) groups is 1. The fraction of sp³-hybridized carbons (Fsp3) is 0.188. The Labute approximate surface area is 134 Å². The van der Waals surface area contributed by atoms with Crippen molar-refractivity contribution in [1.82, 2.24) is 14.8 Å². The molecule has 0 radical (unpaired) electrons. The van der Waals surface area contributed by atoms with Crippen molar-refractivity contribution in [3.8, 4) is 11.3 Å². The summed E-state index contributed by atoms with van der Waals surface area (Å²) in [4.78, 5) is 15.6. The summed E-state index contributed by atoms with van der Waals surface area (Å²) >= 11 is 0. The molecule has 0 aliphatic heterocycles. The first kappa shape index (κ1) is 16.0. The number of hydrogen-bond acceptors (Lipinski definition) is 3. The van der Waals surface area contributed by atoms with Crippen LogP contribution in [0.4, 0.5) is 13.2 Å². The predicted molar refractivity (Wildman–Crippen MR) is 80.7 cm³/mol. The van der Waals surface area contributed by atoms with Crippen molar-refractivity contribution in [1.29, 1.82) is 0 Å². The van der Waals surface area contributed by atoms with Crippen LogP contribution in [-0.2, 0) is 6.54 Å². The standard InChI is InChI=1S/C16H12F3N3O2/c1-9-2-3-13(20-6-9)11-4-10(15(23)24)5-14-12(11)7-21-22(14)8-16(17,18)19/h2-7H,8H2,1H3,(H,23,24). The predicted octanol–water partition coefficient (Wildman–Crippen LogP) is 3.67. The molecule has 0 aliphatic rings. The number of hydrogen-bond donors (Lipinski definition) is 1. The van der Waals surface area contributed by atoms with Gasteiger partial charge in [-0.2, -0.15) is 18.3 Å². The molecule has 0 aliphatic carbocycles. The minimum atomic E-state index is -4.46. The molecule has 24 heavy (non-hydrogen) atoms. The Morgan fingerprint density at radius 2 is 2.00 bits per heavy atom. The van der Waals surface area contributed by atoms with Crippen LogP contribution in [0.2, 0.25) is 0 Å². The summed E-state index contributed by atoms with van der Waals surface area (Å²) in [5.41, 5.74) is 1.80. The van der Waals surface area contributed by atoms with Gasteiger partial charge in [0.1, 0.15) is 6.54 Å². The van der Waals surface area contributed by atoms with Crippen molar-refractivity contribution < 1.29 is 23.1 Å². The van der Waals surface area contributed by atoms with Gasteiger partial charge in [0.2, 0.25) is 0 Å². The van der Waals surface area contributed by atoms with Crippen molar-refractivity contribution in [3.05, 3.63) is 47.8 Å². The van der Waals surface area contributed by atoms with E-state index >= 15 is 0 Å². The number of nitrogens with zero attached hydrogens (tertiary/aromatic N) is 3. The molecule has 5 nitrogen and oxygen atoms in total. The van der Waals surface area contributed by atoms with Gasteiger partial charge >= 0.3 is 12.1 Å². The number of benzene rings is 1. The lowest BCUT2D eigenvalue weighted by atomic mass is 10.0. The van der Waals surface area contributed by atoms with Crippen LogP contribution in [0.1, 0.15) is 15.9 Å². The van der Waals surface area contributed by atoms with Crippen LogP contribution in [0.5, 0.6) is 0 Å². The Bertz CT molecular complexity index is 915. The van der Waals surface area contributed by atoms with E-state index in [0.717, 1.165) is 10.2 Å². The maximum atomic E-state index is 12.7. The van der Waals surface area contributed by atoms with Gasteiger partial charge in [0.05, 0.1) is 23.0 Å². The summed E-state index contributed by atoms with van der Waals surface area (Å²) < 4.78 is 38.8. The number of aryl methyl sites for hydroxylation is 1. The smallest absolute Gasteiger partial charge is 0.408 e. The summed E-state index contributed by atoms with van der Waals surface area (Å²) in [5, 5.41) is 13.4. The second-order valence-corrected chi connectivity index (χ2v) is 5.40. The van der Waals surface area contributed by atoms with Crippen LogP contribution in [0.25, 0.3) is 22.2 Å². The Hall–Kier alpha value is -2.90. The van der Waals surface area contributed by atoms with Gasteiger partial charge in [0.25, 0.3) is 0 Å². The molecule has 3 rings (SSSR count). The minimum absolute atomic E-state index is 0.101. The number of fused-ring (bicyclic) bond motifs is 1. The Morgan fingerprint density at radius 1 is 1.25 bits per heavy atom. The number of halogens is 3. The van der Waals surface area contributed by atoms with E-state index < -0.39 is 18.7 Å². The summed E-state index contributed by atoms with van der Waals surface area (Å²) in [6.07, 6.45) is -1.56. The molecule has 0 atom stereocenters. The van der Waals surface area contributed by atoms with Crippen molar-refractivity contribution in [2.45, 2.75) is 19.6 Å². The summed E-state index contributed by atoms with van der Waals surface area (Å²) in [6.45, 7) is 0.557. The summed E-state index contributed by atoms with van der Waals surface area (Å²) in [5.74, 6) is -1.23. The molecule has 0 bridgehead atoms. The van der Waals surface area contributed by atoms with Crippen molar-refractivity contribution >= 4 is 16.9 Å². The average Bonchev–Trinajstić information content (AvgIpc) is 2.88. The van der Waals surface area contributed by atoms with Crippen LogP contribution in [0, 0.1) is 6.92 Å². The first-order valence-electron chi connectivity index (χ1n) is 6.97. The third-order valence-corrected chi connectivity index (χ3v) is 3.53. The van der Waals surface area contributed by atoms with E-state index in [-0.39, 0.29) is 11.1 Å². The monoisotopic (exact) mass is 335 g/mol. The lowest BCUT2D eigenvalue weighted by Crippen LogP contribution is -2.18. The van der Waals surface area contributed by atoms with E-state index in [1.165, 1.54) is 18.3 Å². The molecule has 1 N–H and O–H groups in total. The van der Waals surface area contributed by atoms with Gasteiger partial charge in [-0.3, -0.25) is 9.67 Å². The molecule has 8 heteroatoms. The van der Waals surface area contributed by atoms with E-state index in [2.05, 4.69) is 10.1 Å². The zero-order chi connectivity index (χ0) is 17.5. The topological polar surface area (TPSA) is 68.0 Å². The third kappa shape index (κ3) is 3.08. The first-order chi connectivity index (χ1) is 11.2. The van der Waals surface area contributed by atoms with E-state index in [9.17, 15) is 23.1 Å². The van der Waals surface area contributed by atoms with E-state index in [1.807, 2.05) is 6.92 Å². The molecular weight excluding hydrogens is 323 g/mol. The zero-order valence-electron chi connectivity index (χ0n) is 12.5. The lowest BCUT2D eigenvalue weighted by molar-refractivity contribution is -0.141. The molecule has 3 aromatic rings. The van der Waals surface area contributed by atoms with E-state index in [4.69, 9.17) is 0 Å². The van der Waals surface area contributed by atoms with Crippen molar-refractivity contribution in [3.63, 3.8) is 0 Å². The minimum Gasteiger partial charge on any atom is -0.478 e. The van der Waals surface area contributed by atoms with Crippen LogP contribution in [0.15, 0.2) is 36.7 Å². The third-order valence-electron chi connectivity index (χ3n) is 3.53. The molecule has 0 unspecified atom stereocenters. The number of pyridine rings is 1. The Morgan fingerprint density at radius 3 is 2.58 bits per heavy atom. The first-order valence-corrected chi connectivity index (χ1v) is 6.97. The largest absolute Gasteiger partial charge is 0.478 e. The molecule has 124 valence electrons. The number of alkyl halides is 3. The highest BCUT2D eigenvalue weighted by molar-refractivity contribution is 6.00. The molecule has 0 saturated carbocycles. The van der Waals surface area contributed by atoms with Gasteiger partial charge in [-0.25, -0.2) is 4.79 Å². The highest BCUT2D eigenvalue weighted by atomic mass is 19.4. The van der Waals surface area contributed by atoms with Gasteiger partial charge in [-0.05, 0) is 30.7 Å². The molecule has 2 heterocycles. The number of aromatic carboxylic acids is 1. The molecule has 2 aromatic heterocycles. The van der Waals surface area contributed by atoms with Crippen LogP contribution < -0.4 is 0 Å². The molecule has 0 spiro atoms.